The maximum absolute atomic E-state index is 13.0. The minimum Gasteiger partial charge on any atom is -0.333 e. The predicted molar refractivity (Wildman–Crippen MR) is 65.4 cm³/mol. The van der Waals surface area contributed by atoms with Crippen molar-refractivity contribution in [3.05, 3.63) is 53.9 Å². The van der Waals surface area contributed by atoms with Crippen LogP contribution >= 0.6 is 0 Å². The van der Waals surface area contributed by atoms with Gasteiger partial charge in [0.25, 0.3) is 0 Å². The summed E-state index contributed by atoms with van der Waals surface area (Å²) < 4.78 is 15.0. The molecule has 4 heteroatoms. The van der Waals surface area contributed by atoms with Gasteiger partial charge in [0, 0.05) is 25.7 Å². The minimum atomic E-state index is -0.196. The second kappa shape index (κ2) is 5.59. The first-order chi connectivity index (χ1) is 8.28. The number of rotatable bonds is 5. The molecular formula is C13H16FN3. The first-order valence-electron chi connectivity index (χ1n) is 5.67. The molecule has 1 aromatic heterocycles. The lowest BCUT2D eigenvalue weighted by atomic mass is 10.2. The summed E-state index contributed by atoms with van der Waals surface area (Å²) in [6.45, 7) is 1.57. The molecule has 0 aliphatic rings. The van der Waals surface area contributed by atoms with Crippen molar-refractivity contribution >= 4 is 0 Å². The summed E-state index contributed by atoms with van der Waals surface area (Å²) in [4.78, 5) is 4.30. The van der Waals surface area contributed by atoms with E-state index in [1.54, 1.807) is 18.5 Å². The molecule has 2 aromatic rings. The summed E-state index contributed by atoms with van der Waals surface area (Å²) >= 11 is 0. The van der Waals surface area contributed by atoms with Crippen molar-refractivity contribution in [1.29, 1.82) is 0 Å². The highest BCUT2D eigenvalue weighted by atomic mass is 19.1. The fourth-order valence-corrected chi connectivity index (χ4v) is 1.72. The Morgan fingerprint density at radius 3 is 3.06 bits per heavy atom. The van der Waals surface area contributed by atoms with E-state index in [0.717, 1.165) is 24.2 Å². The van der Waals surface area contributed by atoms with Gasteiger partial charge in [-0.3, -0.25) is 0 Å². The fourth-order valence-electron chi connectivity index (χ4n) is 1.72. The topological polar surface area (TPSA) is 29.9 Å². The Labute approximate surface area is 100 Å². The highest BCUT2D eigenvalue weighted by molar-refractivity contribution is 5.17. The van der Waals surface area contributed by atoms with Gasteiger partial charge >= 0.3 is 0 Å². The molecule has 1 heterocycles. The Hall–Kier alpha value is -1.68. The summed E-state index contributed by atoms with van der Waals surface area (Å²) in [6.07, 6.45) is 4.70. The zero-order valence-corrected chi connectivity index (χ0v) is 9.86. The smallest absolute Gasteiger partial charge is 0.123 e. The summed E-state index contributed by atoms with van der Waals surface area (Å²) in [5.41, 5.74) is 2.00. The van der Waals surface area contributed by atoms with E-state index in [2.05, 4.69) is 10.3 Å². The molecule has 1 aromatic carbocycles. The zero-order valence-electron chi connectivity index (χ0n) is 9.86. The molecule has 0 aliphatic carbocycles. The molecule has 0 bridgehead atoms. The molecule has 0 saturated heterocycles. The average Bonchev–Trinajstić information content (AvgIpc) is 2.74. The summed E-state index contributed by atoms with van der Waals surface area (Å²) in [6, 6.07) is 6.64. The van der Waals surface area contributed by atoms with Gasteiger partial charge in [0.15, 0.2) is 0 Å². The number of benzene rings is 1. The van der Waals surface area contributed by atoms with Crippen LogP contribution in [-0.2, 0) is 13.0 Å². The molecule has 17 heavy (non-hydrogen) atoms. The molecule has 0 fully saturated rings. The molecule has 0 atom stereocenters. The Morgan fingerprint density at radius 2 is 2.29 bits per heavy atom. The molecule has 0 amide bonds. The number of halogens is 1. The van der Waals surface area contributed by atoms with Crippen molar-refractivity contribution in [3.8, 4) is 0 Å². The molecule has 0 spiro atoms. The second-order valence-corrected chi connectivity index (χ2v) is 4.02. The molecule has 90 valence electrons. The molecule has 2 rings (SSSR count). The van der Waals surface area contributed by atoms with Crippen LogP contribution in [0.25, 0.3) is 0 Å². The Morgan fingerprint density at radius 1 is 1.41 bits per heavy atom. The Bertz CT molecular complexity index is 479. The van der Waals surface area contributed by atoms with Crippen molar-refractivity contribution in [1.82, 2.24) is 14.9 Å². The number of likely N-dealkylation sites (N-methyl/N-ethyl adjacent to an activating group) is 1. The van der Waals surface area contributed by atoms with E-state index in [4.69, 9.17) is 0 Å². The standard InChI is InChI=1S/C13H16FN3/c1-15-6-5-13-9-17(10-16-13)8-11-3-2-4-12(14)7-11/h2-4,7,9-10,15H,5-6,8H2,1H3. The number of aromatic nitrogens is 2. The van der Waals surface area contributed by atoms with Crippen LogP contribution in [0.2, 0.25) is 0 Å². The Kier molecular flexibility index (Phi) is 3.88. The van der Waals surface area contributed by atoms with Crippen molar-refractivity contribution in [2.45, 2.75) is 13.0 Å². The van der Waals surface area contributed by atoms with E-state index in [-0.39, 0.29) is 5.82 Å². The van der Waals surface area contributed by atoms with E-state index in [9.17, 15) is 4.39 Å². The predicted octanol–water partition coefficient (Wildman–Crippen LogP) is 1.83. The van der Waals surface area contributed by atoms with Gasteiger partial charge in [-0.05, 0) is 24.7 Å². The van der Waals surface area contributed by atoms with Gasteiger partial charge in [-0.2, -0.15) is 0 Å². The molecule has 0 radical (unpaired) electrons. The highest BCUT2D eigenvalue weighted by Gasteiger charge is 2.00. The van der Waals surface area contributed by atoms with Gasteiger partial charge in [0.2, 0.25) is 0 Å². The van der Waals surface area contributed by atoms with Crippen LogP contribution in [0.15, 0.2) is 36.8 Å². The van der Waals surface area contributed by atoms with E-state index in [0.29, 0.717) is 6.54 Å². The van der Waals surface area contributed by atoms with Crippen LogP contribution in [0.4, 0.5) is 4.39 Å². The zero-order chi connectivity index (χ0) is 12.1. The number of nitrogens with zero attached hydrogens (tertiary/aromatic N) is 2. The SMILES string of the molecule is CNCCc1cn(Cc2cccc(F)c2)cn1. The van der Waals surface area contributed by atoms with Crippen molar-refractivity contribution in [3.63, 3.8) is 0 Å². The molecule has 0 aliphatic heterocycles. The van der Waals surface area contributed by atoms with Gasteiger partial charge in [-0.15, -0.1) is 0 Å². The van der Waals surface area contributed by atoms with Crippen molar-refractivity contribution < 1.29 is 4.39 Å². The maximum Gasteiger partial charge on any atom is 0.123 e. The molecule has 1 N–H and O–H groups in total. The normalized spacial score (nSPS) is 10.7. The first-order valence-corrected chi connectivity index (χ1v) is 5.67. The van der Waals surface area contributed by atoms with Crippen LogP contribution in [0, 0.1) is 5.82 Å². The van der Waals surface area contributed by atoms with Crippen LogP contribution in [0.3, 0.4) is 0 Å². The minimum absolute atomic E-state index is 0.196. The monoisotopic (exact) mass is 233 g/mol. The first kappa shape index (κ1) is 11.8. The van der Waals surface area contributed by atoms with E-state index >= 15 is 0 Å². The molecule has 0 unspecified atom stereocenters. The fraction of sp³-hybridized carbons (Fsp3) is 0.308. The van der Waals surface area contributed by atoms with E-state index in [1.165, 1.54) is 6.07 Å². The quantitative estimate of drug-likeness (QED) is 0.854. The van der Waals surface area contributed by atoms with Crippen LogP contribution in [0.1, 0.15) is 11.3 Å². The lowest BCUT2D eigenvalue weighted by Crippen LogP contribution is -2.10. The Balaban J connectivity index is 2.01. The van der Waals surface area contributed by atoms with Crippen molar-refractivity contribution in [2.75, 3.05) is 13.6 Å². The third kappa shape index (κ3) is 3.39. The highest BCUT2D eigenvalue weighted by Crippen LogP contribution is 2.06. The number of nitrogens with one attached hydrogen (secondary N) is 1. The van der Waals surface area contributed by atoms with Crippen molar-refractivity contribution in [2.24, 2.45) is 0 Å². The number of hydrogen-bond acceptors (Lipinski definition) is 2. The number of imidazole rings is 1. The third-order valence-electron chi connectivity index (χ3n) is 2.57. The summed E-state index contributed by atoms with van der Waals surface area (Å²) in [5, 5.41) is 3.08. The lowest BCUT2D eigenvalue weighted by Gasteiger charge is -2.02. The third-order valence-corrected chi connectivity index (χ3v) is 2.57. The summed E-state index contributed by atoms with van der Waals surface area (Å²) in [7, 11) is 1.92. The summed E-state index contributed by atoms with van der Waals surface area (Å²) in [5.74, 6) is -0.196. The van der Waals surface area contributed by atoms with E-state index < -0.39 is 0 Å². The molecule has 0 saturated carbocycles. The maximum atomic E-state index is 13.0. The lowest BCUT2D eigenvalue weighted by molar-refractivity contribution is 0.623. The van der Waals surface area contributed by atoms with E-state index in [1.807, 2.05) is 23.9 Å². The number of hydrogen-bond donors (Lipinski definition) is 1. The average molecular weight is 233 g/mol. The van der Waals surface area contributed by atoms with Gasteiger partial charge in [0.1, 0.15) is 5.82 Å². The van der Waals surface area contributed by atoms with Gasteiger partial charge < -0.3 is 9.88 Å². The van der Waals surface area contributed by atoms with Gasteiger partial charge in [-0.25, -0.2) is 9.37 Å². The molecular weight excluding hydrogens is 217 g/mol. The van der Waals surface area contributed by atoms with Crippen LogP contribution in [0.5, 0.6) is 0 Å². The molecule has 3 nitrogen and oxygen atoms in total. The van der Waals surface area contributed by atoms with Crippen LogP contribution in [-0.4, -0.2) is 23.1 Å². The van der Waals surface area contributed by atoms with Crippen LogP contribution < -0.4 is 5.32 Å². The van der Waals surface area contributed by atoms with Gasteiger partial charge in [0.05, 0.1) is 12.0 Å². The van der Waals surface area contributed by atoms with Gasteiger partial charge in [-0.1, -0.05) is 12.1 Å². The second-order valence-electron chi connectivity index (χ2n) is 4.02. The largest absolute Gasteiger partial charge is 0.333 e.